The van der Waals surface area contributed by atoms with Gasteiger partial charge < -0.3 is 6.58 Å². The summed E-state index contributed by atoms with van der Waals surface area (Å²) in [7, 11) is 0. The summed E-state index contributed by atoms with van der Waals surface area (Å²) in [6.07, 6.45) is 0. The summed E-state index contributed by atoms with van der Waals surface area (Å²) in [5.41, 5.74) is 0. The molecule has 0 saturated carbocycles. The van der Waals surface area contributed by atoms with E-state index in [0.717, 1.165) is 0 Å². The largest absolute Gasteiger partial charge is 0.521 e. The molecule has 29 valence electrons. The maximum Gasteiger partial charge on any atom is 0 e. The molecule has 0 rings (SSSR count). The van der Waals surface area contributed by atoms with Gasteiger partial charge in [0.15, 0.2) is 0 Å². The average Bonchev–Trinajstić information content (AvgIpc) is 1.00. The van der Waals surface area contributed by atoms with Gasteiger partial charge >= 0.3 is 0 Å². The van der Waals surface area contributed by atoms with Crippen molar-refractivity contribution in [1.82, 2.24) is 0 Å². The van der Waals surface area contributed by atoms with E-state index in [1.54, 1.807) is 0 Å². The van der Waals surface area contributed by atoms with Gasteiger partial charge in [-0.25, -0.2) is 0 Å². The summed E-state index contributed by atoms with van der Waals surface area (Å²) < 4.78 is 0. The predicted octanol–water partition coefficient (Wildman–Crippen LogP) is 1.24. The van der Waals surface area contributed by atoms with Crippen LogP contribution in [0.2, 0.25) is 0 Å². The van der Waals surface area contributed by atoms with Gasteiger partial charge in [-0.05, 0) is 0 Å². The Balaban J connectivity index is -0.00000000167. The Morgan fingerprint density at radius 1 is 1.20 bits per heavy atom. The number of hydrogen-bond acceptors (Lipinski definition) is 0. The van der Waals surface area contributed by atoms with Crippen LogP contribution in [0, 0.1) is 37.7 Å². The van der Waals surface area contributed by atoms with E-state index >= 15 is 0 Å². The van der Waals surface area contributed by atoms with Crippen LogP contribution in [0.3, 0.4) is 0 Å². The van der Waals surface area contributed by atoms with E-state index < -0.39 is 0 Å². The molecule has 0 saturated heterocycles. The van der Waals surface area contributed by atoms with Crippen molar-refractivity contribution in [2.24, 2.45) is 0 Å². The predicted molar refractivity (Wildman–Crippen MR) is 16.7 cm³/mol. The second kappa shape index (κ2) is 54.4. The molecular formula is C3H7UV-. The van der Waals surface area contributed by atoms with E-state index in [2.05, 4.69) is 13.2 Å². The van der Waals surface area contributed by atoms with Crippen LogP contribution in [-0.2, 0) is 18.6 Å². The molecule has 0 aliphatic carbocycles. The van der Waals surface area contributed by atoms with E-state index in [1.807, 2.05) is 0 Å². The molecule has 0 aromatic rings. The third-order valence-corrected chi connectivity index (χ3v) is 0. The van der Waals surface area contributed by atoms with Crippen LogP contribution in [0.15, 0.2) is 6.58 Å². The second-order valence-electron chi connectivity index (χ2n) is 0. The fourth-order valence-corrected chi connectivity index (χ4v) is 0. The molecule has 0 atom stereocenters. The molecule has 2 heteroatoms. The SMILES string of the molecule is C.[CH-]=C.[U].[V]. The van der Waals surface area contributed by atoms with E-state index in [1.165, 1.54) is 0 Å². The molecule has 0 fully saturated rings. The van der Waals surface area contributed by atoms with Gasteiger partial charge in [0.2, 0.25) is 0 Å². The first-order valence-electron chi connectivity index (χ1n) is 0.408. The van der Waals surface area contributed by atoms with Crippen molar-refractivity contribution in [3.63, 3.8) is 0 Å². The molecule has 0 aromatic heterocycles. The fourth-order valence-electron chi connectivity index (χ4n) is 0. The van der Waals surface area contributed by atoms with Crippen LogP contribution in [0.4, 0.5) is 0 Å². The van der Waals surface area contributed by atoms with Crippen molar-refractivity contribution in [3.8, 4) is 0 Å². The van der Waals surface area contributed by atoms with Crippen LogP contribution < -0.4 is 0 Å². The Morgan fingerprint density at radius 3 is 1.20 bits per heavy atom. The summed E-state index contributed by atoms with van der Waals surface area (Å²) in [4.78, 5) is 0. The van der Waals surface area contributed by atoms with Crippen molar-refractivity contribution in [3.05, 3.63) is 13.2 Å². The first-order valence-corrected chi connectivity index (χ1v) is 0.408. The first kappa shape index (κ1) is 32.6. The van der Waals surface area contributed by atoms with Gasteiger partial charge in [0.25, 0.3) is 0 Å². The Hall–Kier alpha value is 1.38. The summed E-state index contributed by atoms with van der Waals surface area (Å²) in [5.74, 6) is 0. The summed E-state index contributed by atoms with van der Waals surface area (Å²) >= 11 is 0. The van der Waals surface area contributed by atoms with E-state index in [0.29, 0.717) is 0 Å². The Morgan fingerprint density at radius 2 is 1.20 bits per heavy atom. The average molecular weight is 332 g/mol. The minimum Gasteiger partial charge on any atom is -0.521 e. The monoisotopic (exact) mass is 332 g/mol. The second-order valence-corrected chi connectivity index (χ2v) is 0. The molecule has 0 bridgehead atoms. The van der Waals surface area contributed by atoms with Crippen LogP contribution in [0.5, 0.6) is 0 Å². The molecule has 0 unspecified atom stereocenters. The van der Waals surface area contributed by atoms with Crippen molar-refractivity contribution >= 4 is 0 Å². The Kier molecular flexibility index (Phi) is 355. The van der Waals surface area contributed by atoms with Gasteiger partial charge in [0, 0.05) is 49.7 Å². The van der Waals surface area contributed by atoms with Crippen molar-refractivity contribution in [1.29, 1.82) is 0 Å². The molecule has 0 aromatic carbocycles. The smallest absolute Gasteiger partial charge is 0 e. The Bertz CT molecular complexity index is 6.85. The zero-order valence-corrected chi connectivity index (χ0v) is 7.79. The molecule has 0 amide bonds. The third-order valence-electron chi connectivity index (χ3n) is 0. The molecule has 0 nitrogen and oxygen atoms in total. The number of rotatable bonds is 0. The van der Waals surface area contributed by atoms with Gasteiger partial charge in [-0.15, -0.1) is 0 Å². The summed E-state index contributed by atoms with van der Waals surface area (Å²) in [6.45, 7) is 7.00. The fraction of sp³-hybridized carbons (Fsp3) is 0.333. The molecular weight excluding hydrogens is 325 g/mol. The summed E-state index contributed by atoms with van der Waals surface area (Å²) in [6, 6.07) is 0. The van der Waals surface area contributed by atoms with E-state index in [9.17, 15) is 0 Å². The van der Waals surface area contributed by atoms with Crippen molar-refractivity contribution in [2.75, 3.05) is 0 Å². The van der Waals surface area contributed by atoms with Gasteiger partial charge in [0.1, 0.15) is 0 Å². The van der Waals surface area contributed by atoms with E-state index in [4.69, 9.17) is 0 Å². The van der Waals surface area contributed by atoms with Crippen molar-refractivity contribution < 1.29 is 49.7 Å². The normalized spacial score (nSPS) is 0.800. The topological polar surface area (TPSA) is 0 Å². The van der Waals surface area contributed by atoms with Crippen LogP contribution in [0.1, 0.15) is 7.43 Å². The zero-order chi connectivity index (χ0) is 2.00. The molecule has 0 heterocycles. The molecule has 1 radical (unpaired) electrons. The molecule has 0 aliphatic rings. The van der Waals surface area contributed by atoms with Crippen molar-refractivity contribution in [2.45, 2.75) is 7.43 Å². The molecule has 5 heavy (non-hydrogen) atoms. The first-order chi connectivity index (χ1) is 1.00. The molecule has 0 spiro atoms. The van der Waals surface area contributed by atoms with Crippen LogP contribution in [-0.4, -0.2) is 0 Å². The minimum absolute atomic E-state index is 0. The van der Waals surface area contributed by atoms with Gasteiger partial charge in [-0.1, -0.05) is 7.43 Å². The van der Waals surface area contributed by atoms with Gasteiger partial charge in [0.05, 0.1) is 0 Å². The molecule has 0 aliphatic heterocycles. The third kappa shape index (κ3) is 32.4. The molecule has 0 N–H and O–H groups in total. The van der Waals surface area contributed by atoms with Crippen LogP contribution >= 0.6 is 0 Å². The maximum absolute atomic E-state index is 4.25. The summed E-state index contributed by atoms with van der Waals surface area (Å²) in [5, 5.41) is 0. The Labute approximate surface area is 69.7 Å². The number of hydrogen-bond donors (Lipinski definition) is 0. The standard InChI is InChI=1S/C2H3.CH4.U.V/c1-2;;;/h1H,2H2;1H4;;/q-1;;;. The maximum atomic E-state index is 4.25. The quantitative estimate of drug-likeness (QED) is 0.586. The van der Waals surface area contributed by atoms with Gasteiger partial charge in [-0.2, -0.15) is 0 Å². The zero-order valence-electron chi connectivity index (χ0n) is 2.23. The van der Waals surface area contributed by atoms with Gasteiger partial charge in [-0.3, -0.25) is 6.58 Å². The van der Waals surface area contributed by atoms with Crippen LogP contribution in [0.25, 0.3) is 0 Å². The minimum atomic E-state index is 0. The van der Waals surface area contributed by atoms with E-state index in [-0.39, 0.29) is 57.1 Å².